The van der Waals surface area contributed by atoms with Gasteiger partial charge in [0.05, 0.1) is 13.2 Å². The van der Waals surface area contributed by atoms with Crippen molar-refractivity contribution in [2.24, 2.45) is 0 Å². The molecule has 0 bridgehead atoms. The minimum Gasteiger partial charge on any atom is -0.780 e. The van der Waals surface area contributed by atoms with Crippen LogP contribution in [-0.2, 0) is 35.1 Å². The summed E-state index contributed by atoms with van der Waals surface area (Å²) in [6, 6.07) is 2.01. The zero-order valence-corrected chi connectivity index (χ0v) is 21.2. The Kier molecular flexibility index (Phi) is 8.58. The third kappa shape index (κ3) is 5.79. The fraction of sp³-hybridized carbons (Fsp3) is 0.579. The van der Waals surface area contributed by atoms with E-state index in [1.165, 1.54) is 7.11 Å². The van der Waals surface area contributed by atoms with Crippen molar-refractivity contribution in [3.05, 3.63) is 66.2 Å². The van der Waals surface area contributed by atoms with Crippen LogP contribution in [0.2, 0.25) is 0 Å². The van der Waals surface area contributed by atoms with Gasteiger partial charge < -0.3 is 38.4 Å². The molecule has 2 saturated heterocycles. The van der Waals surface area contributed by atoms with Crippen LogP contribution in [0, 0.1) is 0 Å². The van der Waals surface area contributed by atoms with E-state index in [2.05, 4.69) is 0 Å². The van der Waals surface area contributed by atoms with Gasteiger partial charge in [0.25, 0.3) is 11.1 Å². The summed E-state index contributed by atoms with van der Waals surface area (Å²) in [7, 11) is 1.23. The smallest absolute Gasteiger partial charge is 0.330 e. The number of aromatic nitrogens is 4. The first-order valence-electron chi connectivity index (χ1n) is 11.0. The number of nitrogens with zero attached hydrogens (tertiary/aromatic N) is 2. The van der Waals surface area contributed by atoms with E-state index >= 15 is 0 Å². The van der Waals surface area contributed by atoms with Gasteiger partial charge in [-0.05, 0) is 0 Å². The maximum atomic E-state index is 14.7. The van der Waals surface area contributed by atoms with E-state index in [0.717, 1.165) is 33.7 Å². The first-order chi connectivity index (χ1) is 18.0. The minimum absolute atomic E-state index is 0.660. The molecule has 4 N–H and O–H groups in total. The maximum Gasteiger partial charge on any atom is 0.330 e. The Balaban J connectivity index is 1.46. The molecular weight excluding hydrogens is 558 g/mol. The van der Waals surface area contributed by atoms with Crippen LogP contribution in [-0.4, -0.2) is 86.3 Å². The monoisotopic (exact) mass is 581 g/mol. The summed E-state index contributed by atoms with van der Waals surface area (Å²) in [5, 5.41) is 20.0. The number of rotatable bonds is 9. The molecule has 0 radical (unpaired) electrons. The molecule has 0 spiro atoms. The Labute approximate surface area is 216 Å². The van der Waals surface area contributed by atoms with Crippen LogP contribution in [0.4, 0.5) is 4.39 Å². The van der Waals surface area contributed by atoms with Gasteiger partial charge in [-0.1, -0.05) is 11.8 Å². The van der Waals surface area contributed by atoms with Crippen LogP contribution < -0.4 is 27.4 Å². The Bertz CT molecular complexity index is 1430. The van der Waals surface area contributed by atoms with E-state index in [1.54, 1.807) is 0 Å². The number of halogens is 1. The van der Waals surface area contributed by atoms with Crippen molar-refractivity contribution in [1.29, 1.82) is 0 Å². The molecule has 0 aliphatic carbocycles. The minimum atomic E-state index is -4.45. The first kappa shape index (κ1) is 28.6. The normalized spacial score (nSPS) is 32.9. The second-order valence-electron chi connectivity index (χ2n) is 8.30. The van der Waals surface area contributed by atoms with Gasteiger partial charge in [0.2, 0.25) is 0 Å². The van der Waals surface area contributed by atoms with Gasteiger partial charge in [-0.15, -0.1) is 0 Å². The van der Waals surface area contributed by atoms with Crippen molar-refractivity contribution < 1.29 is 42.8 Å². The van der Waals surface area contributed by atoms with Gasteiger partial charge in [0.1, 0.15) is 37.2 Å². The van der Waals surface area contributed by atoms with Gasteiger partial charge in [-0.25, -0.2) is 14.0 Å². The lowest BCUT2D eigenvalue weighted by atomic mass is 10.1. The molecule has 0 aromatic carbocycles. The summed E-state index contributed by atoms with van der Waals surface area (Å²) in [5.41, 5.74) is -3.20. The highest BCUT2D eigenvalue weighted by atomic mass is 32.5. The second-order valence-corrected chi connectivity index (χ2v) is 11.0. The summed E-state index contributed by atoms with van der Waals surface area (Å²) < 4.78 is 43.2. The number of methoxy groups -OCH3 is 1. The van der Waals surface area contributed by atoms with Crippen LogP contribution in [0.15, 0.2) is 43.7 Å². The summed E-state index contributed by atoms with van der Waals surface area (Å²) in [6.07, 6.45) is -9.77. The molecule has 19 heteroatoms. The van der Waals surface area contributed by atoms with Gasteiger partial charge >= 0.3 is 11.4 Å². The summed E-state index contributed by atoms with van der Waals surface area (Å²) in [5.74, 6) is 0. The van der Waals surface area contributed by atoms with E-state index < -0.39 is 91.6 Å². The lowest BCUT2D eigenvalue weighted by Gasteiger charge is -2.34. The van der Waals surface area contributed by atoms with E-state index in [0.29, 0.717) is 0 Å². The molecule has 2 aliphatic rings. The molecule has 2 aliphatic heterocycles. The molecule has 2 fully saturated rings. The highest BCUT2D eigenvalue weighted by Crippen LogP contribution is 2.46. The number of aliphatic hydroxyl groups excluding tert-OH is 2. The quantitative estimate of drug-likeness (QED) is 0.212. The topological polar surface area (TPSA) is 219 Å². The lowest BCUT2D eigenvalue weighted by molar-refractivity contribution is -0.218. The van der Waals surface area contributed by atoms with Crippen molar-refractivity contribution in [3.8, 4) is 0 Å². The Morgan fingerprint density at radius 3 is 2.13 bits per heavy atom. The zero-order chi connectivity index (χ0) is 27.8. The number of nitrogens with one attached hydrogen (secondary N) is 2. The van der Waals surface area contributed by atoms with Crippen molar-refractivity contribution in [2.75, 3.05) is 20.3 Å². The van der Waals surface area contributed by atoms with Crippen LogP contribution in [0.3, 0.4) is 0 Å². The molecule has 16 nitrogen and oxygen atoms in total. The molecule has 2 aromatic rings. The number of alkyl halides is 1. The molecular formula is C19H23FN4O12PS-. The molecule has 4 heterocycles. The highest BCUT2D eigenvalue weighted by molar-refractivity contribution is 8.06. The van der Waals surface area contributed by atoms with Gasteiger partial charge in [0.15, 0.2) is 18.6 Å². The summed E-state index contributed by atoms with van der Waals surface area (Å²) >= 11 is 4.92. The predicted octanol–water partition coefficient (Wildman–Crippen LogP) is -3.43. The van der Waals surface area contributed by atoms with Crippen LogP contribution in [0.1, 0.15) is 12.5 Å². The van der Waals surface area contributed by atoms with E-state index in [9.17, 15) is 38.7 Å². The predicted molar refractivity (Wildman–Crippen MR) is 124 cm³/mol. The molecule has 38 heavy (non-hydrogen) atoms. The molecule has 4 rings (SSSR count). The number of ether oxygens (including phenoxy) is 3. The van der Waals surface area contributed by atoms with Crippen molar-refractivity contribution in [1.82, 2.24) is 19.1 Å². The molecule has 3 unspecified atom stereocenters. The third-order valence-corrected chi connectivity index (χ3v) is 7.47. The highest BCUT2D eigenvalue weighted by Gasteiger charge is 2.49. The van der Waals surface area contributed by atoms with E-state index in [-0.39, 0.29) is 0 Å². The van der Waals surface area contributed by atoms with Crippen molar-refractivity contribution in [3.63, 3.8) is 0 Å². The number of aromatic amines is 2. The fourth-order valence-corrected chi connectivity index (χ4v) is 5.55. The number of hydrogen-bond donors (Lipinski definition) is 4. The van der Waals surface area contributed by atoms with E-state index in [1.807, 2.05) is 9.97 Å². The standard InChI is InChI=1S/C19H24FN4O12PS/c1-32-15-14(8(6-25)34-17(15)24-5-3-11(27)22-19(24)30)36-37(31,38)33-7-9-13(28)12(20)16(35-9)23-4-2-10(26)21-18(23)29/h2-5,8-9,12-17,25,28H,6-7H2,1H3,(H,31,38)(H,21,26,29)(H,22,27,30)/p-1/t8-,9-,12+,13?,14?,15+,16-,17-,37?/m1/s1. The Morgan fingerprint density at radius 1 is 1.05 bits per heavy atom. The Morgan fingerprint density at radius 2 is 1.61 bits per heavy atom. The summed E-state index contributed by atoms with van der Waals surface area (Å²) in [4.78, 5) is 63.8. The molecule has 0 saturated carbocycles. The molecule has 9 atom stereocenters. The van der Waals surface area contributed by atoms with Crippen LogP contribution in [0.5, 0.6) is 0 Å². The first-order valence-corrected chi connectivity index (χ1v) is 13.5. The van der Waals surface area contributed by atoms with Gasteiger partial charge in [-0.2, -0.15) is 0 Å². The molecule has 0 amide bonds. The number of hydrogen-bond acceptors (Lipinski definition) is 13. The largest absolute Gasteiger partial charge is 0.780 e. The average Bonchev–Trinajstić information content (AvgIpc) is 3.34. The second kappa shape index (κ2) is 11.4. The van der Waals surface area contributed by atoms with Crippen LogP contribution in [0.25, 0.3) is 0 Å². The van der Waals surface area contributed by atoms with Crippen LogP contribution >= 0.6 is 6.72 Å². The Hall–Kier alpha value is -2.38. The lowest BCUT2D eigenvalue weighted by Crippen LogP contribution is -2.40. The zero-order valence-electron chi connectivity index (χ0n) is 19.4. The third-order valence-electron chi connectivity index (χ3n) is 5.93. The molecule has 210 valence electrons. The summed E-state index contributed by atoms with van der Waals surface area (Å²) in [6.45, 7) is -5.85. The maximum absolute atomic E-state index is 14.7. The number of H-pyrrole nitrogens is 2. The van der Waals surface area contributed by atoms with E-state index in [4.69, 9.17) is 35.1 Å². The van der Waals surface area contributed by atoms with Gasteiger partial charge in [0, 0.05) is 31.6 Å². The molecule has 2 aromatic heterocycles. The average molecular weight is 581 g/mol. The SMILES string of the molecule is CO[C@H]1C(OP([O-])(=S)OC[C@H]2O[C@@H](n3ccc(=O)[nH]c3=O)[C@@H](F)C2O)[C@@H](CO)O[C@H]1n1ccc(=O)[nH]c1=O. The number of aliphatic hydroxyl groups is 2. The fourth-order valence-electron chi connectivity index (χ4n) is 4.12. The van der Waals surface area contributed by atoms with Crippen molar-refractivity contribution >= 4 is 18.5 Å². The van der Waals surface area contributed by atoms with Crippen molar-refractivity contribution in [2.45, 2.75) is 49.1 Å². The van der Waals surface area contributed by atoms with Gasteiger partial charge in [-0.3, -0.25) is 28.7 Å².